The highest BCUT2D eigenvalue weighted by molar-refractivity contribution is 7.92. The van der Waals surface area contributed by atoms with Crippen LogP contribution in [0, 0.1) is 0 Å². The van der Waals surface area contributed by atoms with Gasteiger partial charge in [0.25, 0.3) is 0 Å². The van der Waals surface area contributed by atoms with E-state index in [9.17, 15) is 18.0 Å². The Morgan fingerprint density at radius 3 is 2.20 bits per heavy atom. The van der Waals surface area contributed by atoms with Crippen LogP contribution in [0.5, 0.6) is 0 Å². The number of halogens is 3. The molecule has 0 heterocycles. The molecule has 1 N–H and O–H groups in total. The lowest BCUT2D eigenvalue weighted by Gasteiger charge is -2.32. The van der Waals surface area contributed by atoms with E-state index in [0.717, 1.165) is 18.2 Å². The fourth-order valence-electron chi connectivity index (χ4n) is 4.41. The normalized spacial score (nSPS) is 12.0. The monoisotopic (exact) mass is 637 g/mol. The molecule has 11 heteroatoms. The van der Waals surface area contributed by atoms with Crippen molar-refractivity contribution in [2.75, 3.05) is 23.7 Å². The molecule has 0 saturated heterocycles. The zero-order valence-corrected chi connectivity index (χ0v) is 26.1. The van der Waals surface area contributed by atoms with Crippen molar-refractivity contribution in [3.63, 3.8) is 0 Å². The van der Waals surface area contributed by atoms with E-state index in [1.165, 1.54) is 9.21 Å². The molecule has 1 atom stereocenters. The number of carbonyl (C=O) groups is 2. The van der Waals surface area contributed by atoms with Gasteiger partial charge in [-0.05, 0) is 48.7 Å². The van der Waals surface area contributed by atoms with Gasteiger partial charge in [-0.25, -0.2) is 8.42 Å². The Hall–Kier alpha value is -2.78. The molecule has 41 heavy (non-hydrogen) atoms. The van der Waals surface area contributed by atoms with Crippen LogP contribution in [0.1, 0.15) is 37.3 Å². The molecule has 7 nitrogen and oxygen atoms in total. The van der Waals surface area contributed by atoms with Gasteiger partial charge in [0.15, 0.2) is 0 Å². The molecule has 0 aromatic heterocycles. The van der Waals surface area contributed by atoms with E-state index in [4.69, 9.17) is 34.8 Å². The first-order chi connectivity index (χ1) is 19.5. The average molecular weight is 639 g/mol. The van der Waals surface area contributed by atoms with Crippen LogP contribution in [0.2, 0.25) is 15.1 Å². The summed E-state index contributed by atoms with van der Waals surface area (Å²) in [6, 6.07) is 20.2. The van der Waals surface area contributed by atoms with Crippen molar-refractivity contribution < 1.29 is 18.0 Å². The molecule has 220 valence electrons. The largest absolute Gasteiger partial charge is 0.354 e. The lowest BCUT2D eigenvalue weighted by atomic mass is 10.0. The molecular formula is C30H34Cl3N3O4S. The summed E-state index contributed by atoms with van der Waals surface area (Å²) in [5.41, 5.74) is 1.83. The Morgan fingerprint density at radius 2 is 1.59 bits per heavy atom. The van der Waals surface area contributed by atoms with E-state index < -0.39 is 16.1 Å². The van der Waals surface area contributed by atoms with E-state index >= 15 is 0 Å². The number of hydrogen-bond acceptors (Lipinski definition) is 4. The third kappa shape index (κ3) is 9.64. The quantitative estimate of drug-likeness (QED) is 0.223. The van der Waals surface area contributed by atoms with Gasteiger partial charge in [-0.1, -0.05) is 84.2 Å². The number of nitrogens with one attached hydrogen (secondary N) is 1. The average Bonchev–Trinajstić information content (AvgIpc) is 2.92. The predicted octanol–water partition coefficient (Wildman–Crippen LogP) is 6.36. The van der Waals surface area contributed by atoms with E-state index in [1.54, 1.807) is 42.5 Å². The van der Waals surface area contributed by atoms with Crippen molar-refractivity contribution >= 4 is 62.3 Å². The molecule has 0 aliphatic carbocycles. The molecule has 0 aliphatic rings. The fourth-order valence-corrected chi connectivity index (χ4v) is 6.07. The molecule has 3 aromatic carbocycles. The van der Waals surface area contributed by atoms with Crippen molar-refractivity contribution in [3.05, 3.63) is 99.0 Å². The molecule has 0 radical (unpaired) electrons. The SMILES string of the molecule is CCCNC(=O)[C@@H](Cc1ccccc1)N(Cc1c(Cl)cccc1Cl)C(=O)CCCN(c1cccc(Cl)c1)S(C)(=O)=O. The van der Waals surface area contributed by atoms with Crippen LogP contribution in [0.15, 0.2) is 72.8 Å². The van der Waals surface area contributed by atoms with Crippen LogP contribution in [0.3, 0.4) is 0 Å². The first-order valence-electron chi connectivity index (χ1n) is 13.3. The molecule has 0 saturated carbocycles. The van der Waals surface area contributed by atoms with Gasteiger partial charge in [0, 0.05) is 53.1 Å². The van der Waals surface area contributed by atoms with Gasteiger partial charge in [-0.2, -0.15) is 0 Å². The minimum Gasteiger partial charge on any atom is -0.354 e. The molecular weight excluding hydrogens is 605 g/mol. The third-order valence-electron chi connectivity index (χ3n) is 6.46. The summed E-state index contributed by atoms with van der Waals surface area (Å²) in [6.45, 7) is 2.48. The third-order valence-corrected chi connectivity index (χ3v) is 8.60. The Labute approximate surface area is 257 Å². The van der Waals surface area contributed by atoms with Crippen molar-refractivity contribution in [2.24, 2.45) is 0 Å². The maximum absolute atomic E-state index is 13.9. The molecule has 0 aliphatic heterocycles. The van der Waals surface area contributed by atoms with E-state index in [-0.39, 0.29) is 44.2 Å². The molecule has 0 spiro atoms. The van der Waals surface area contributed by atoms with Crippen LogP contribution >= 0.6 is 34.8 Å². The topological polar surface area (TPSA) is 86.8 Å². The maximum Gasteiger partial charge on any atom is 0.243 e. The number of rotatable bonds is 14. The fraction of sp³-hybridized carbons (Fsp3) is 0.333. The van der Waals surface area contributed by atoms with Crippen LogP contribution in [-0.4, -0.2) is 50.5 Å². The summed E-state index contributed by atoms with van der Waals surface area (Å²) in [6.07, 6.45) is 2.32. The van der Waals surface area contributed by atoms with Gasteiger partial charge < -0.3 is 10.2 Å². The summed E-state index contributed by atoms with van der Waals surface area (Å²) in [7, 11) is -3.64. The second-order valence-electron chi connectivity index (χ2n) is 9.64. The standard InChI is InChI=1S/C30H34Cl3N3O4S/c1-3-17-34-30(38)28(19-22-10-5-4-6-11-22)35(21-25-26(32)14-8-15-27(25)33)29(37)16-9-18-36(41(2,39)40)24-13-7-12-23(31)20-24/h4-8,10-15,20,28H,3,9,16-19,21H2,1-2H3,(H,34,38)/t28-/m1/s1. The van der Waals surface area contributed by atoms with E-state index in [1.807, 2.05) is 37.3 Å². The van der Waals surface area contributed by atoms with Crippen LogP contribution < -0.4 is 9.62 Å². The summed E-state index contributed by atoms with van der Waals surface area (Å²) >= 11 is 19.0. The highest BCUT2D eigenvalue weighted by Gasteiger charge is 2.31. The van der Waals surface area contributed by atoms with E-state index in [0.29, 0.717) is 32.9 Å². The maximum atomic E-state index is 13.9. The first kappa shape index (κ1) is 32.7. The van der Waals surface area contributed by atoms with Gasteiger partial charge in [-0.15, -0.1) is 0 Å². The van der Waals surface area contributed by atoms with E-state index in [2.05, 4.69) is 5.32 Å². The highest BCUT2D eigenvalue weighted by atomic mass is 35.5. The lowest BCUT2D eigenvalue weighted by molar-refractivity contribution is -0.141. The molecule has 0 unspecified atom stereocenters. The first-order valence-corrected chi connectivity index (χ1v) is 16.3. The van der Waals surface area contributed by atoms with Gasteiger partial charge in [-0.3, -0.25) is 13.9 Å². The summed E-state index contributed by atoms with van der Waals surface area (Å²) in [5.74, 6) is -0.614. The van der Waals surface area contributed by atoms with Crippen molar-refractivity contribution in [2.45, 2.75) is 45.2 Å². The molecule has 3 aromatic rings. The van der Waals surface area contributed by atoms with Crippen LogP contribution in [-0.2, 0) is 32.6 Å². The van der Waals surface area contributed by atoms with Crippen molar-refractivity contribution in [1.29, 1.82) is 0 Å². The zero-order valence-electron chi connectivity index (χ0n) is 23.0. The highest BCUT2D eigenvalue weighted by Crippen LogP contribution is 2.28. The smallest absolute Gasteiger partial charge is 0.243 e. The lowest BCUT2D eigenvalue weighted by Crippen LogP contribution is -2.50. The summed E-state index contributed by atoms with van der Waals surface area (Å²) < 4.78 is 26.4. The van der Waals surface area contributed by atoms with Crippen molar-refractivity contribution in [3.8, 4) is 0 Å². The van der Waals surface area contributed by atoms with Gasteiger partial charge in [0.2, 0.25) is 21.8 Å². The number of carbonyl (C=O) groups excluding carboxylic acids is 2. The number of nitrogens with zero attached hydrogens (tertiary/aromatic N) is 2. The molecule has 0 bridgehead atoms. The number of amides is 2. The Morgan fingerprint density at radius 1 is 0.927 bits per heavy atom. The molecule has 0 fully saturated rings. The minimum atomic E-state index is -3.64. The number of hydrogen-bond donors (Lipinski definition) is 1. The molecule has 2 amide bonds. The Balaban J connectivity index is 1.91. The van der Waals surface area contributed by atoms with Gasteiger partial charge in [0.1, 0.15) is 6.04 Å². The molecule has 3 rings (SSSR count). The second kappa shape index (κ2) is 15.4. The number of benzene rings is 3. The zero-order chi connectivity index (χ0) is 30.0. The Bertz CT molecular complexity index is 1420. The minimum absolute atomic E-state index is 0.0124. The second-order valence-corrected chi connectivity index (χ2v) is 12.8. The Kier molecular flexibility index (Phi) is 12.3. The van der Waals surface area contributed by atoms with Gasteiger partial charge in [0.05, 0.1) is 11.9 Å². The van der Waals surface area contributed by atoms with Crippen LogP contribution in [0.4, 0.5) is 5.69 Å². The number of anilines is 1. The summed E-state index contributed by atoms with van der Waals surface area (Å²) in [4.78, 5) is 28.8. The van der Waals surface area contributed by atoms with Crippen LogP contribution in [0.25, 0.3) is 0 Å². The van der Waals surface area contributed by atoms with Crippen molar-refractivity contribution in [1.82, 2.24) is 10.2 Å². The number of sulfonamides is 1. The summed E-state index contributed by atoms with van der Waals surface area (Å²) in [5, 5.41) is 4.09. The van der Waals surface area contributed by atoms with Gasteiger partial charge >= 0.3 is 0 Å². The predicted molar refractivity (Wildman–Crippen MR) is 167 cm³/mol.